The van der Waals surface area contributed by atoms with Crippen molar-refractivity contribution in [2.24, 2.45) is 5.41 Å². The van der Waals surface area contributed by atoms with Gasteiger partial charge in [-0.15, -0.1) is 11.8 Å². The number of hydrogen-bond donors (Lipinski definition) is 2. The van der Waals surface area contributed by atoms with Crippen LogP contribution >= 0.6 is 23.4 Å². The molecular weight excluding hydrogens is 786 g/mol. The van der Waals surface area contributed by atoms with Crippen LogP contribution in [0.4, 0.5) is 11.4 Å². The molecule has 4 aromatic rings. The largest absolute Gasteiger partial charge is 0.381 e. The highest BCUT2D eigenvalue weighted by atomic mass is 35.5. The summed E-state index contributed by atoms with van der Waals surface area (Å²) in [5.74, 6) is 0.212. The number of nitrogens with one attached hydrogen (secondary N) is 2. The molecule has 4 aromatic carbocycles. The van der Waals surface area contributed by atoms with Gasteiger partial charge in [0.05, 0.1) is 18.1 Å². The van der Waals surface area contributed by atoms with Gasteiger partial charge in [0.1, 0.15) is 0 Å². The summed E-state index contributed by atoms with van der Waals surface area (Å²) in [6, 6.07) is 32.7. The molecule has 0 spiro atoms. The average molecular weight is 843 g/mol. The lowest BCUT2D eigenvalue weighted by Gasteiger charge is -2.39. The van der Waals surface area contributed by atoms with E-state index in [-0.39, 0.29) is 16.4 Å². The van der Waals surface area contributed by atoms with Crippen molar-refractivity contribution >= 4 is 56.2 Å². The number of benzene rings is 4. The molecule has 7 rings (SSSR count). The van der Waals surface area contributed by atoms with E-state index in [2.05, 4.69) is 62.9 Å². The van der Waals surface area contributed by atoms with Crippen molar-refractivity contribution in [2.45, 2.75) is 55.4 Å². The smallest absolute Gasteiger partial charge is 0.264 e. The minimum absolute atomic E-state index is 0.0393. The summed E-state index contributed by atoms with van der Waals surface area (Å²) in [5, 5.41) is 4.39. The molecule has 0 saturated carbocycles. The summed E-state index contributed by atoms with van der Waals surface area (Å²) in [5.41, 5.74) is 6.71. The van der Waals surface area contributed by atoms with E-state index >= 15 is 0 Å². The SMILES string of the molecule is CC1(C)CCC(CN2CCN(c3ccc(C(=O)NS(=O)(=O)c4ccc(N[C@H](CCN5CCOCC5)CSc5ccccc5)cc4)cc3)CC2)=C(c2ccc(Cl)cc2)C1. The number of morpholine rings is 1. The van der Waals surface area contributed by atoms with Crippen molar-refractivity contribution in [1.82, 2.24) is 14.5 Å². The number of anilines is 2. The lowest BCUT2D eigenvalue weighted by molar-refractivity contribution is 0.0370. The maximum absolute atomic E-state index is 13.3. The zero-order chi connectivity index (χ0) is 40.5. The highest BCUT2D eigenvalue weighted by Crippen LogP contribution is 2.43. The van der Waals surface area contributed by atoms with Gasteiger partial charge in [-0.25, -0.2) is 13.1 Å². The van der Waals surface area contributed by atoms with Crippen molar-refractivity contribution in [3.63, 3.8) is 0 Å². The maximum Gasteiger partial charge on any atom is 0.264 e. The first-order valence-electron chi connectivity index (χ1n) is 20.5. The number of carbonyl (C=O) groups excluding carboxylic acids is 1. The molecule has 2 heterocycles. The number of allylic oxidation sites excluding steroid dienone is 1. The molecule has 12 heteroatoms. The highest BCUT2D eigenvalue weighted by molar-refractivity contribution is 7.99. The number of halogens is 1. The number of thioether (sulfide) groups is 1. The number of carbonyl (C=O) groups is 1. The lowest BCUT2D eigenvalue weighted by atomic mass is 9.72. The van der Waals surface area contributed by atoms with Crippen LogP contribution in [0.25, 0.3) is 5.57 Å². The summed E-state index contributed by atoms with van der Waals surface area (Å²) >= 11 is 8.02. The third-order valence-corrected chi connectivity index (χ3v) is 14.3. The zero-order valence-corrected chi connectivity index (χ0v) is 36.1. The Kier molecular flexibility index (Phi) is 14.2. The Balaban J connectivity index is 0.913. The van der Waals surface area contributed by atoms with Gasteiger partial charge in [-0.1, -0.05) is 61.4 Å². The number of amides is 1. The first-order chi connectivity index (χ1) is 28.0. The highest BCUT2D eigenvalue weighted by Gasteiger charge is 2.29. The van der Waals surface area contributed by atoms with Crippen LogP contribution in [0.15, 0.2) is 118 Å². The summed E-state index contributed by atoms with van der Waals surface area (Å²) in [7, 11) is -4.08. The molecule has 58 heavy (non-hydrogen) atoms. The molecule has 2 saturated heterocycles. The molecule has 9 nitrogen and oxygen atoms in total. The Hall–Kier alpha value is -3.84. The van der Waals surface area contributed by atoms with E-state index < -0.39 is 15.9 Å². The van der Waals surface area contributed by atoms with Crippen LogP contribution in [0.1, 0.15) is 55.5 Å². The van der Waals surface area contributed by atoms with E-state index in [1.165, 1.54) is 28.0 Å². The van der Waals surface area contributed by atoms with Crippen molar-refractivity contribution in [1.29, 1.82) is 0 Å². The second-order valence-electron chi connectivity index (χ2n) is 16.4. The maximum atomic E-state index is 13.3. The Morgan fingerprint density at radius 3 is 2.22 bits per heavy atom. The van der Waals surface area contributed by atoms with E-state index in [1.807, 2.05) is 42.5 Å². The summed E-state index contributed by atoms with van der Waals surface area (Å²) < 4.78 is 34.4. The molecule has 2 N–H and O–H groups in total. The van der Waals surface area contributed by atoms with Crippen molar-refractivity contribution < 1.29 is 17.9 Å². The fraction of sp³-hybridized carbons (Fsp3) is 0.413. The number of ether oxygens (including phenoxy) is 1. The molecular formula is C46H56ClN5O4S2. The van der Waals surface area contributed by atoms with E-state index in [4.69, 9.17) is 16.3 Å². The summed E-state index contributed by atoms with van der Waals surface area (Å²) in [4.78, 5) is 21.7. The Labute approximate surface area is 354 Å². The quantitative estimate of drug-likeness (QED) is 0.114. The molecule has 0 unspecified atom stereocenters. The monoisotopic (exact) mass is 841 g/mol. The van der Waals surface area contributed by atoms with Crippen LogP contribution < -0.4 is 14.9 Å². The molecule has 1 atom stereocenters. The van der Waals surface area contributed by atoms with Gasteiger partial charge in [0.25, 0.3) is 15.9 Å². The number of hydrogen-bond acceptors (Lipinski definition) is 9. The van der Waals surface area contributed by atoms with Gasteiger partial charge in [0, 0.05) is 91.0 Å². The third-order valence-electron chi connectivity index (χ3n) is 11.5. The van der Waals surface area contributed by atoms with Crippen LogP contribution in [-0.4, -0.2) is 101 Å². The molecule has 0 radical (unpaired) electrons. The van der Waals surface area contributed by atoms with Gasteiger partial charge in [0.15, 0.2) is 0 Å². The molecule has 1 aliphatic carbocycles. The topological polar surface area (TPSA) is 94.2 Å². The molecule has 3 aliphatic rings. The molecule has 308 valence electrons. The standard InChI is InChI=1S/C46H56ClN5O4S2/c1-46(2)22-20-37(44(32-46)35-8-12-38(47)13-9-35)33-51-24-26-52(27-25-51)41-16-10-36(11-17-41)45(53)49-58(54,55)43-18-14-39(15-19-43)48-40(21-23-50-28-30-56-31-29-50)34-57-42-6-4-3-5-7-42/h3-19,40,48H,20-34H2,1-2H3,(H,49,53)/t40-/m1/s1. The van der Waals surface area contributed by atoms with Gasteiger partial charge >= 0.3 is 0 Å². The molecule has 2 fully saturated rings. The predicted octanol–water partition coefficient (Wildman–Crippen LogP) is 8.54. The molecule has 0 bridgehead atoms. The first kappa shape index (κ1) is 42.3. The first-order valence-corrected chi connectivity index (χ1v) is 23.3. The number of nitrogens with zero attached hydrogens (tertiary/aromatic N) is 3. The van der Waals surface area contributed by atoms with E-state index in [1.54, 1.807) is 48.2 Å². The Bertz CT molecular complexity index is 2100. The normalized spacial score (nSPS) is 18.5. The minimum atomic E-state index is -4.08. The molecule has 2 aliphatic heterocycles. The average Bonchev–Trinajstić information content (AvgIpc) is 3.24. The second-order valence-corrected chi connectivity index (χ2v) is 19.6. The molecule has 0 aromatic heterocycles. The van der Waals surface area contributed by atoms with Gasteiger partial charge in [-0.3, -0.25) is 14.6 Å². The van der Waals surface area contributed by atoms with E-state index in [0.717, 1.165) is 107 Å². The van der Waals surface area contributed by atoms with Crippen LogP contribution in [0, 0.1) is 5.41 Å². The van der Waals surface area contributed by atoms with E-state index in [0.29, 0.717) is 5.56 Å². The van der Waals surface area contributed by atoms with Gasteiger partial charge < -0.3 is 15.0 Å². The lowest BCUT2D eigenvalue weighted by Crippen LogP contribution is -2.47. The Morgan fingerprint density at radius 1 is 0.845 bits per heavy atom. The van der Waals surface area contributed by atoms with E-state index in [9.17, 15) is 13.2 Å². The van der Waals surface area contributed by atoms with Crippen LogP contribution in [0.2, 0.25) is 5.02 Å². The fourth-order valence-corrected chi connectivity index (χ4v) is 10.1. The number of sulfonamides is 1. The van der Waals surface area contributed by atoms with Gasteiger partial charge in [-0.05, 0) is 115 Å². The number of piperazine rings is 1. The van der Waals surface area contributed by atoms with Crippen LogP contribution in [0.5, 0.6) is 0 Å². The predicted molar refractivity (Wildman–Crippen MR) is 239 cm³/mol. The summed E-state index contributed by atoms with van der Waals surface area (Å²) in [6.07, 6.45) is 4.31. The second kappa shape index (κ2) is 19.5. The zero-order valence-electron chi connectivity index (χ0n) is 33.7. The minimum Gasteiger partial charge on any atom is -0.381 e. The Morgan fingerprint density at radius 2 is 1.53 bits per heavy atom. The van der Waals surface area contributed by atoms with Crippen LogP contribution in [0.3, 0.4) is 0 Å². The van der Waals surface area contributed by atoms with Crippen molar-refractivity contribution in [3.05, 3.63) is 125 Å². The van der Waals surface area contributed by atoms with Crippen molar-refractivity contribution in [3.8, 4) is 0 Å². The summed E-state index contributed by atoms with van der Waals surface area (Å²) in [6.45, 7) is 13.7. The third kappa shape index (κ3) is 11.7. The van der Waals surface area contributed by atoms with Gasteiger partial charge in [-0.2, -0.15) is 0 Å². The van der Waals surface area contributed by atoms with Crippen molar-refractivity contribution in [2.75, 3.05) is 81.5 Å². The number of rotatable bonds is 15. The fourth-order valence-electron chi connectivity index (χ4n) is 8.00. The van der Waals surface area contributed by atoms with Gasteiger partial charge in [0.2, 0.25) is 0 Å². The molecule has 1 amide bonds. The van der Waals surface area contributed by atoms with Crippen LogP contribution in [-0.2, 0) is 14.8 Å².